The second-order valence-electron chi connectivity index (χ2n) is 16.7. The molecule has 270 valence electrons. The molecule has 0 fully saturated rings. The van der Waals surface area contributed by atoms with E-state index >= 15 is 0 Å². The van der Waals surface area contributed by atoms with Gasteiger partial charge in [-0.15, -0.1) is 0 Å². The van der Waals surface area contributed by atoms with Crippen LogP contribution in [0.25, 0.3) is 88.8 Å². The molecule has 0 radical (unpaired) electrons. The lowest BCUT2D eigenvalue weighted by atomic mass is 9.62. The molecule has 0 saturated heterocycles. The second kappa shape index (κ2) is 12.0. The topological polar surface area (TPSA) is 48.5 Å². The van der Waals surface area contributed by atoms with Gasteiger partial charge in [0.05, 0.1) is 27.8 Å². The van der Waals surface area contributed by atoms with E-state index < -0.39 is 0 Å². The molecule has 5 heteroatoms. The van der Waals surface area contributed by atoms with Gasteiger partial charge < -0.3 is 4.57 Å². The summed E-state index contributed by atoms with van der Waals surface area (Å²) in [4.78, 5) is 15.6. The molecule has 0 saturated carbocycles. The average molecular weight is 724 g/mol. The van der Waals surface area contributed by atoms with Crippen molar-refractivity contribution in [1.29, 1.82) is 0 Å². The van der Waals surface area contributed by atoms with E-state index in [2.05, 4.69) is 152 Å². The predicted molar refractivity (Wildman–Crippen MR) is 232 cm³/mol. The molecule has 0 spiro atoms. The maximum Gasteiger partial charge on any atom is 0.238 e. The summed E-state index contributed by atoms with van der Waals surface area (Å²) in [5.41, 5.74) is 10.8. The van der Waals surface area contributed by atoms with Crippen LogP contribution in [0.15, 0.2) is 152 Å². The highest BCUT2D eigenvalue weighted by atomic mass is 15.2. The number of aromatic nitrogens is 5. The van der Waals surface area contributed by atoms with Crippen molar-refractivity contribution in [3.05, 3.63) is 163 Å². The summed E-state index contributed by atoms with van der Waals surface area (Å²) >= 11 is 0. The van der Waals surface area contributed by atoms with E-state index in [9.17, 15) is 0 Å². The summed E-state index contributed by atoms with van der Waals surface area (Å²) in [7, 11) is 0. The van der Waals surface area contributed by atoms with Gasteiger partial charge in [0.25, 0.3) is 0 Å². The molecule has 56 heavy (non-hydrogen) atoms. The minimum absolute atomic E-state index is 0.0315. The van der Waals surface area contributed by atoms with E-state index in [0.29, 0.717) is 17.6 Å². The first-order valence-electron chi connectivity index (χ1n) is 19.7. The van der Waals surface area contributed by atoms with Gasteiger partial charge in [0.15, 0.2) is 11.6 Å². The maximum absolute atomic E-state index is 5.29. The van der Waals surface area contributed by atoms with Crippen LogP contribution in [0.1, 0.15) is 51.7 Å². The van der Waals surface area contributed by atoms with Crippen LogP contribution in [0.5, 0.6) is 0 Å². The van der Waals surface area contributed by atoms with E-state index in [1.807, 2.05) is 36.4 Å². The highest BCUT2D eigenvalue weighted by Crippen LogP contribution is 2.50. The zero-order valence-corrected chi connectivity index (χ0v) is 32.1. The van der Waals surface area contributed by atoms with Crippen molar-refractivity contribution in [2.45, 2.75) is 51.4 Å². The van der Waals surface area contributed by atoms with Gasteiger partial charge in [-0.25, -0.2) is 4.98 Å². The number of hydrogen-bond acceptors (Lipinski definition) is 3. The summed E-state index contributed by atoms with van der Waals surface area (Å²) in [5, 5.41) is 7.17. The molecular formula is C51H41N5. The first-order chi connectivity index (χ1) is 27.3. The summed E-state index contributed by atoms with van der Waals surface area (Å²) in [5.74, 6) is 1.88. The molecule has 0 N–H and O–H groups in total. The molecule has 1 aliphatic rings. The van der Waals surface area contributed by atoms with Gasteiger partial charge in [-0.1, -0.05) is 155 Å². The van der Waals surface area contributed by atoms with Crippen LogP contribution in [0, 0.1) is 0 Å². The minimum Gasteiger partial charge on any atom is -0.309 e. The number of benzene rings is 7. The molecule has 0 aliphatic heterocycles. The SMILES string of the molecule is CC1(C)CCC(C)(C)c2c(-n3c4ccccc4c4c5c6ccc7ccccc7c6n(-c6nc(-c7ccccc7)nc(-c7ccccc7)n6)c5ccc43)cccc21. The Hall–Kier alpha value is -6.59. The highest BCUT2D eigenvalue weighted by molar-refractivity contribution is 6.31. The summed E-state index contributed by atoms with van der Waals surface area (Å²) in [6.07, 6.45) is 2.32. The van der Waals surface area contributed by atoms with Gasteiger partial charge in [0.1, 0.15) is 0 Å². The molecule has 0 bridgehead atoms. The molecule has 3 aromatic heterocycles. The molecule has 11 rings (SSSR count). The normalized spacial score (nSPS) is 14.9. The van der Waals surface area contributed by atoms with Crippen LogP contribution in [-0.2, 0) is 10.8 Å². The number of hydrogen-bond donors (Lipinski definition) is 0. The number of rotatable bonds is 4. The quantitative estimate of drug-likeness (QED) is 0.182. The molecule has 7 aromatic carbocycles. The Kier molecular flexibility index (Phi) is 7.00. The fraction of sp³-hybridized carbons (Fsp3) is 0.157. The zero-order chi connectivity index (χ0) is 37.8. The Bertz CT molecular complexity index is 3130. The molecule has 0 unspecified atom stereocenters. The smallest absolute Gasteiger partial charge is 0.238 e. The van der Waals surface area contributed by atoms with Crippen molar-refractivity contribution in [2.24, 2.45) is 0 Å². The van der Waals surface area contributed by atoms with Gasteiger partial charge in [-0.3, -0.25) is 4.57 Å². The minimum atomic E-state index is 0.0315. The third-order valence-electron chi connectivity index (χ3n) is 12.4. The number of nitrogens with zero attached hydrogens (tertiary/aromatic N) is 5. The van der Waals surface area contributed by atoms with Crippen LogP contribution in [0.3, 0.4) is 0 Å². The monoisotopic (exact) mass is 723 g/mol. The van der Waals surface area contributed by atoms with Crippen LogP contribution in [0.4, 0.5) is 0 Å². The van der Waals surface area contributed by atoms with E-state index in [1.54, 1.807) is 0 Å². The van der Waals surface area contributed by atoms with E-state index in [0.717, 1.165) is 34.0 Å². The van der Waals surface area contributed by atoms with Gasteiger partial charge >= 0.3 is 0 Å². The van der Waals surface area contributed by atoms with Gasteiger partial charge in [0, 0.05) is 38.1 Å². The van der Waals surface area contributed by atoms with Gasteiger partial charge in [0.2, 0.25) is 5.95 Å². The molecule has 1 aliphatic carbocycles. The van der Waals surface area contributed by atoms with E-state index in [4.69, 9.17) is 15.0 Å². The highest BCUT2D eigenvalue weighted by Gasteiger charge is 2.39. The summed E-state index contributed by atoms with van der Waals surface area (Å²) in [6, 6.07) is 54.2. The Morgan fingerprint density at radius 3 is 1.75 bits per heavy atom. The van der Waals surface area contributed by atoms with E-state index in [1.165, 1.54) is 61.2 Å². The van der Waals surface area contributed by atoms with Crippen LogP contribution in [-0.4, -0.2) is 24.1 Å². The molecule has 3 heterocycles. The third kappa shape index (κ3) is 4.76. The van der Waals surface area contributed by atoms with Crippen molar-refractivity contribution in [3.63, 3.8) is 0 Å². The Morgan fingerprint density at radius 1 is 0.446 bits per heavy atom. The maximum atomic E-state index is 5.29. The Labute approximate surface area is 325 Å². The average Bonchev–Trinajstić information content (AvgIpc) is 3.76. The summed E-state index contributed by atoms with van der Waals surface area (Å²) in [6.45, 7) is 9.68. The Morgan fingerprint density at radius 2 is 1.04 bits per heavy atom. The fourth-order valence-corrected chi connectivity index (χ4v) is 9.58. The molecule has 0 atom stereocenters. The molecule has 10 aromatic rings. The van der Waals surface area contributed by atoms with Crippen molar-refractivity contribution in [3.8, 4) is 34.4 Å². The number of para-hydroxylation sites is 1. The third-order valence-corrected chi connectivity index (χ3v) is 12.4. The fourth-order valence-electron chi connectivity index (χ4n) is 9.58. The van der Waals surface area contributed by atoms with Crippen LogP contribution >= 0.6 is 0 Å². The second-order valence-corrected chi connectivity index (χ2v) is 16.7. The van der Waals surface area contributed by atoms with E-state index in [-0.39, 0.29) is 10.8 Å². The first kappa shape index (κ1) is 32.8. The van der Waals surface area contributed by atoms with Crippen molar-refractivity contribution >= 4 is 54.4 Å². The molecule has 0 amide bonds. The predicted octanol–water partition coefficient (Wildman–Crippen LogP) is 12.9. The standard InChI is InChI=1S/C51H41N5/c1-50(2)30-31-51(3,4)45-38(50)23-15-25-42(45)55-39-24-14-13-22-36(39)43-40(55)28-29-41-44(43)37-27-26-32-16-11-12-21-35(32)46(37)56(41)49-53-47(33-17-7-5-8-18-33)52-48(54-49)34-19-9-6-10-20-34/h5-29H,30-31H2,1-4H3. The van der Waals surface area contributed by atoms with Crippen molar-refractivity contribution < 1.29 is 0 Å². The van der Waals surface area contributed by atoms with Crippen molar-refractivity contribution in [2.75, 3.05) is 0 Å². The lowest BCUT2D eigenvalue weighted by Gasteiger charge is -2.43. The molecular weight excluding hydrogens is 683 g/mol. The zero-order valence-electron chi connectivity index (χ0n) is 32.1. The van der Waals surface area contributed by atoms with Gasteiger partial charge in [-0.2, -0.15) is 9.97 Å². The number of fused-ring (bicyclic) bond motifs is 10. The van der Waals surface area contributed by atoms with Gasteiger partial charge in [-0.05, 0) is 64.5 Å². The first-order valence-corrected chi connectivity index (χ1v) is 19.7. The summed E-state index contributed by atoms with van der Waals surface area (Å²) < 4.78 is 4.83. The lowest BCUT2D eigenvalue weighted by molar-refractivity contribution is 0.331. The van der Waals surface area contributed by atoms with Crippen molar-refractivity contribution in [1.82, 2.24) is 24.1 Å². The largest absolute Gasteiger partial charge is 0.309 e. The van der Waals surface area contributed by atoms with Crippen LogP contribution in [0.2, 0.25) is 0 Å². The lowest BCUT2D eigenvalue weighted by Crippen LogP contribution is -2.35. The Balaban J connectivity index is 1.30. The molecule has 5 nitrogen and oxygen atoms in total. The van der Waals surface area contributed by atoms with Crippen LogP contribution < -0.4 is 0 Å².